The van der Waals surface area contributed by atoms with Gasteiger partial charge >= 0.3 is 5.97 Å². The van der Waals surface area contributed by atoms with E-state index in [0.29, 0.717) is 23.4 Å². The monoisotopic (exact) mass is 519 g/mol. The molecule has 38 heavy (non-hydrogen) atoms. The number of H-pyrrole nitrogens is 1. The minimum Gasteiger partial charge on any atom is -0.465 e. The quantitative estimate of drug-likeness (QED) is 0.165. The summed E-state index contributed by atoms with van der Waals surface area (Å²) in [5.74, 6) is 0.0850. The molecule has 0 unspecified atom stereocenters. The summed E-state index contributed by atoms with van der Waals surface area (Å²) in [6.07, 6.45) is 1.90. The SMILES string of the molecule is CCOC(=O)CN[C@](C)(C(=O)N1CCC[C@H]1C)c1ccc2[nH]c([C@H](N)c3ccc(C(=N)N)cc3)nc2c1C. The second-order valence-electron chi connectivity index (χ2n) is 10.0. The Bertz CT molecular complexity index is 1350. The third-order valence-corrected chi connectivity index (χ3v) is 7.47. The smallest absolute Gasteiger partial charge is 0.319 e. The minimum atomic E-state index is -1.16. The van der Waals surface area contributed by atoms with Gasteiger partial charge in [0.1, 0.15) is 17.2 Å². The Balaban J connectivity index is 1.71. The van der Waals surface area contributed by atoms with Crippen LogP contribution in [-0.2, 0) is 19.9 Å². The molecule has 2 aromatic carbocycles. The highest BCUT2D eigenvalue weighted by Gasteiger charge is 2.42. The third kappa shape index (κ3) is 5.14. The van der Waals surface area contributed by atoms with Gasteiger partial charge in [0.15, 0.2) is 0 Å². The molecule has 1 saturated heterocycles. The molecule has 1 aliphatic heterocycles. The average Bonchev–Trinajstić information content (AvgIpc) is 3.53. The number of ether oxygens (including phenoxy) is 1. The van der Waals surface area contributed by atoms with Gasteiger partial charge in [0.25, 0.3) is 0 Å². The van der Waals surface area contributed by atoms with Crippen molar-refractivity contribution < 1.29 is 14.3 Å². The Kier molecular flexibility index (Phi) is 7.84. The van der Waals surface area contributed by atoms with Crippen LogP contribution >= 0.6 is 0 Å². The molecule has 10 heteroatoms. The number of benzene rings is 2. The van der Waals surface area contributed by atoms with Crippen LogP contribution in [0, 0.1) is 12.3 Å². The minimum absolute atomic E-state index is 0.00509. The summed E-state index contributed by atoms with van der Waals surface area (Å²) in [6.45, 7) is 8.42. The highest BCUT2D eigenvalue weighted by molar-refractivity contribution is 5.95. The van der Waals surface area contributed by atoms with Crippen LogP contribution in [0.3, 0.4) is 0 Å². The summed E-state index contributed by atoms with van der Waals surface area (Å²) in [6, 6.07) is 10.6. The van der Waals surface area contributed by atoms with E-state index in [1.807, 2.05) is 43.0 Å². The molecule has 10 nitrogen and oxygen atoms in total. The van der Waals surface area contributed by atoms with E-state index in [4.69, 9.17) is 26.6 Å². The number of likely N-dealkylation sites (tertiary alicyclic amines) is 1. The van der Waals surface area contributed by atoms with Gasteiger partial charge in [0, 0.05) is 18.2 Å². The van der Waals surface area contributed by atoms with Crippen molar-refractivity contribution in [2.75, 3.05) is 19.7 Å². The molecule has 0 bridgehead atoms. The van der Waals surface area contributed by atoms with Gasteiger partial charge in [-0.1, -0.05) is 30.3 Å². The molecular weight excluding hydrogens is 482 g/mol. The topological polar surface area (TPSA) is 163 Å². The first-order valence-corrected chi connectivity index (χ1v) is 13.0. The lowest BCUT2D eigenvalue weighted by Crippen LogP contribution is -2.56. The van der Waals surface area contributed by atoms with Crippen molar-refractivity contribution in [1.29, 1.82) is 5.41 Å². The van der Waals surface area contributed by atoms with E-state index < -0.39 is 17.6 Å². The van der Waals surface area contributed by atoms with Crippen LogP contribution in [0.4, 0.5) is 0 Å². The van der Waals surface area contributed by atoms with E-state index >= 15 is 0 Å². The van der Waals surface area contributed by atoms with Gasteiger partial charge in [-0.15, -0.1) is 0 Å². The number of nitrogens with zero attached hydrogens (tertiary/aromatic N) is 2. The van der Waals surface area contributed by atoms with Crippen LogP contribution in [0.15, 0.2) is 36.4 Å². The number of aryl methyl sites for hydroxylation is 1. The molecule has 202 valence electrons. The molecular formula is C28H37N7O3. The molecule has 7 N–H and O–H groups in total. The van der Waals surface area contributed by atoms with Crippen molar-refractivity contribution in [2.24, 2.45) is 11.5 Å². The fourth-order valence-electron chi connectivity index (χ4n) is 5.22. The highest BCUT2D eigenvalue weighted by Crippen LogP contribution is 2.33. The van der Waals surface area contributed by atoms with Crippen molar-refractivity contribution in [2.45, 2.75) is 58.2 Å². The maximum absolute atomic E-state index is 13.9. The molecule has 0 radical (unpaired) electrons. The fraction of sp³-hybridized carbons (Fsp3) is 0.429. The van der Waals surface area contributed by atoms with Crippen LogP contribution in [0.2, 0.25) is 0 Å². The largest absolute Gasteiger partial charge is 0.465 e. The number of hydrogen-bond donors (Lipinski definition) is 5. The normalized spacial score (nSPS) is 17.8. The van der Waals surface area contributed by atoms with Crippen molar-refractivity contribution >= 4 is 28.7 Å². The van der Waals surface area contributed by atoms with Crippen LogP contribution in [0.25, 0.3) is 11.0 Å². The van der Waals surface area contributed by atoms with Gasteiger partial charge in [-0.25, -0.2) is 4.98 Å². The first kappa shape index (κ1) is 27.3. The average molecular weight is 520 g/mol. The van der Waals surface area contributed by atoms with Gasteiger partial charge in [-0.2, -0.15) is 0 Å². The van der Waals surface area contributed by atoms with Crippen molar-refractivity contribution in [1.82, 2.24) is 20.2 Å². The third-order valence-electron chi connectivity index (χ3n) is 7.47. The standard InChI is InChI=1S/C28H37N7O3/c1-5-38-22(36)15-32-28(4,27(37)35-14-6-7-16(35)2)20-12-13-21-24(17(20)3)34-26(33-21)23(29)18-8-10-19(11-9-18)25(30)31/h8-13,16,23,32H,5-7,14-15,29H2,1-4H3,(H3,30,31)(H,33,34)/t16-,23-,28+/m1/s1. The lowest BCUT2D eigenvalue weighted by Gasteiger charge is -2.36. The van der Waals surface area contributed by atoms with E-state index in [1.54, 1.807) is 19.1 Å². The van der Waals surface area contributed by atoms with Crippen molar-refractivity contribution in [3.05, 3.63) is 64.5 Å². The number of amidine groups is 1. The number of aromatic nitrogens is 2. The first-order chi connectivity index (χ1) is 18.1. The summed E-state index contributed by atoms with van der Waals surface area (Å²) in [4.78, 5) is 36.2. The van der Waals surface area contributed by atoms with E-state index in [-0.39, 0.29) is 30.9 Å². The molecule has 1 aliphatic rings. The number of aromatic amines is 1. The number of rotatable bonds is 9. The molecule has 1 fully saturated rings. The number of nitrogens with two attached hydrogens (primary N) is 2. The Labute approximate surface area is 222 Å². The zero-order valence-electron chi connectivity index (χ0n) is 22.4. The molecule has 3 aromatic rings. The van der Waals surface area contributed by atoms with Crippen molar-refractivity contribution in [3.63, 3.8) is 0 Å². The van der Waals surface area contributed by atoms with E-state index in [0.717, 1.165) is 35.0 Å². The Morgan fingerprint density at radius 2 is 2.00 bits per heavy atom. The first-order valence-electron chi connectivity index (χ1n) is 13.0. The van der Waals surface area contributed by atoms with Crippen molar-refractivity contribution in [3.8, 4) is 0 Å². The zero-order valence-corrected chi connectivity index (χ0v) is 22.4. The Morgan fingerprint density at radius 3 is 2.61 bits per heavy atom. The molecule has 0 aliphatic carbocycles. The van der Waals surface area contributed by atoms with E-state index in [1.165, 1.54) is 0 Å². The van der Waals surface area contributed by atoms with Gasteiger partial charge in [0.05, 0.1) is 30.2 Å². The second-order valence-corrected chi connectivity index (χ2v) is 10.0. The van der Waals surface area contributed by atoms with Crippen LogP contribution < -0.4 is 16.8 Å². The number of esters is 1. The van der Waals surface area contributed by atoms with E-state index in [2.05, 4.69) is 17.2 Å². The predicted octanol–water partition coefficient (Wildman–Crippen LogP) is 2.58. The second kappa shape index (κ2) is 10.9. The maximum Gasteiger partial charge on any atom is 0.319 e. The Morgan fingerprint density at radius 1 is 1.29 bits per heavy atom. The maximum atomic E-state index is 13.9. The molecule has 1 aromatic heterocycles. The number of carbonyl (C=O) groups excluding carboxylic acids is 2. The van der Waals surface area contributed by atoms with Gasteiger partial charge < -0.3 is 26.1 Å². The molecule has 0 spiro atoms. The molecule has 2 heterocycles. The van der Waals surface area contributed by atoms with Crippen LogP contribution in [0.1, 0.15) is 67.7 Å². The summed E-state index contributed by atoms with van der Waals surface area (Å²) in [7, 11) is 0. The summed E-state index contributed by atoms with van der Waals surface area (Å²) in [5, 5.41) is 10.8. The number of nitrogens with one attached hydrogen (secondary N) is 3. The van der Waals surface area contributed by atoms with Crippen LogP contribution in [-0.4, -0.2) is 58.3 Å². The molecule has 0 saturated carbocycles. The van der Waals surface area contributed by atoms with Gasteiger partial charge in [0.2, 0.25) is 5.91 Å². The fourth-order valence-corrected chi connectivity index (χ4v) is 5.22. The van der Waals surface area contributed by atoms with E-state index in [9.17, 15) is 9.59 Å². The lowest BCUT2D eigenvalue weighted by molar-refractivity contribution is -0.144. The highest BCUT2D eigenvalue weighted by atomic mass is 16.5. The lowest BCUT2D eigenvalue weighted by atomic mass is 9.86. The number of fused-ring (bicyclic) bond motifs is 1. The number of hydrogen-bond acceptors (Lipinski definition) is 7. The summed E-state index contributed by atoms with van der Waals surface area (Å²) < 4.78 is 5.12. The number of nitrogen functional groups attached to an aromatic ring is 1. The number of amides is 1. The van der Waals surface area contributed by atoms with Crippen LogP contribution in [0.5, 0.6) is 0 Å². The summed E-state index contributed by atoms with van der Waals surface area (Å²) >= 11 is 0. The van der Waals surface area contributed by atoms with Gasteiger partial charge in [-0.05, 0) is 63.3 Å². The summed E-state index contributed by atoms with van der Waals surface area (Å²) in [5.41, 5.74) is 15.5. The number of imidazole rings is 1. The molecule has 3 atom stereocenters. The molecule has 4 rings (SSSR count). The predicted molar refractivity (Wildman–Crippen MR) is 147 cm³/mol. The zero-order chi connectivity index (χ0) is 27.6. The number of carbonyl (C=O) groups is 2. The van der Waals surface area contributed by atoms with Gasteiger partial charge in [-0.3, -0.25) is 20.3 Å². The molecule has 1 amide bonds. The Hall–Kier alpha value is -3.76.